The van der Waals surface area contributed by atoms with Gasteiger partial charge in [-0.2, -0.15) is 5.10 Å². The number of aromatic nitrogens is 2. The number of aryl methyl sites for hydroxylation is 1. The van der Waals surface area contributed by atoms with Crippen molar-refractivity contribution < 1.29 is 14.7 Å². The highest BCUT2D eigenvalue weighted by Gasteiger charge is 2.18. The zero-order valence-corrected chi connectivity index (χ0v) is 11.8. The number of carbonyl (C=O) groups is 2. The molecule has 0 spiro atoms. The molecule has 1 amide bonds. The number of halogens is 1. The van der Waals surface area contributed by atoms with E-state index in [1.165, 1.54) is 24.4 Å². The van der Waals surface area contributed by atoms with Gasteiger partial charge in [-0.15, -0.1) is 0 Å². The molecule has 2 rings (SSSR count). The first-order chi connectivity index (χ1) is 9.88. The molecule has 1 unspecified atom stereocenters. The van der Waals surface area contributed by atoms with Crippen molar-refractivity contribution in [3.8, 4) is 0 Å². The van der Waals surface area contributed by atoms with E-state index in [9.17, 15) is 9.59 Å². The number of hydrogen-bond acceptors (Lipinski definition) is 4. The van der Waals surface area contributed by atoms with Crippen LogP contribution in [0.25, 0.3) is 0 Å². The molecule has 0 saturated heterocycles. The van der Waals surface area contributed by atoms with E-state index in [0.717, 1.165) is 0 Å². The number of aromatic carboxylic acids is 1. The smallest absolute Gasteiger partial charge is 0.337 e. The monoisotopic (exact) mass is 308 g/mol. The van der Waals surface area contributed by atoms with E-state index in [4.69, 9.17) is 22.4 Å². The van der Waals surface area contributed by atoms with Gasteiger partial charge in [0.25, 0.3) is 0 Å². The number of nitrogens with two attached hydrogens (primary N) is 1. The Labute approximate surface area is 125 Å². The molecule has 0 radical (unpaired) electrons. The maximum Gasteiger partial charge on any atom is 0.337 e. The molecule has 0 fully saturated rings. The molecule has 1 aromatic carbocycles. The Hall–Kier alpha value is -2.38. The number of amides is 1. The quantitative estimate of drug-likeness (QED) is 0.791. The Bertz CT molecular complexity index is 698. The van der Waals surface area contributed by atoms with E-state index in [0.29, 0.717) is 11.3 Å². The number of nitrogens with zero attached hydrogens (tertiary/aromatic N) is 2. The minimum Gasteiger partial charge on any atom is -0.478 e. The Morgan fingerprint density at radius 1 is 1.48 bits per heavy atom. The predicted octanol–water partition coefficient (Wildman–Crippen LogP) is 1.41. The number of nitrogens with one attached hydrogen (secondary N) is 1. The molecule has 4 N–H and O–H groups in total. The Morgan fingerprint density at radius 3 is 2.71 bits per heavy atom. The molecule has 0 saturated carbocycles. The summed E-state index contributed by atoms with van der Waals surface area (Å²) in [5.41, 5.74) is 6.73. The van der Waals surface area contributed by atoms with Crippen molar-refractivity contribution in [2.75, 3.05) is 5.32 Å². The fourth-order valence-corrected chi connectivity index (χ4v) is 2.00. The van der Waals surface area contributed by atoms with Gasteiger partial charge in [0.1, 0.15) is 6.04 Å². The van der Waals surface area contributed by atoms with Gasteiger partial charge in [-0.1, -0.05) is 11.6 Å². The molecule has 0 aliphatic rings. The van der Waals surface area contributed by atoms with Crippen molar-refractivity contribution in [3.05, 3.63) is 46.7 Å². The zero-order chi connectivity index (χ0) is 15.6. The number of carbonyl (C=O) groups excluding carboxylic acids is 1. The predicted molar refractivity (Wildman–Crippen MR) is 77.2 cm³/mol. The van der Waals surface area contributed by atoms with Crippen LogP contribution < -0.4 is 11.1 Å². The number of benzene rings is 1. The van der Waals surface area contributed by atoms with Crippen LogP contribution in [0.5, 0.6) is 0 Å². The molecule has 8 heteroatoms. The Morgan fingerprint density at radius 2 is 2.19 bits per heavy atom. The normalized spacial score (nSPS) is 12.0. The van der Waals surface area contributed by atoms with Gasteiger partial charge < -0.3 is 16.2 Å². The summed E-state index contributed by atoms with van der Waals surface area (Å²) in [4.78, 5) is 22.9. The summed E-state index contributed by atoms with van der Waals surface area (Å²) in [5.74, 6) is -1.58. The van der Waals surface area contributed by atoms with Crippen LogP contribution in [0.3, 0.4) is 0 Å². The van der Waals surface area contributed by atoms with E-state index in [2.05, 4.69) is 10.4 Å². The van der Waals surface area contributed by atoms with Gasteiger partial charge in [0.2, 0.25) is 5.91 Å². The Balaban J connectivity index is 2.12. The third-order valence-electron chi connectivity index (χ3n) is 2.83. The van der Waals surface area contributed by atoms with Crippen molar-refractivity contribution in [1.29, 1.82) is 0 Å². The first-order valence-corrected chi connectivity index (χ1v) is 6.34. The van der Waals surface area contributed by atoms with Crippen LogP contribution in [-0.4, -0.2) is 26.8 Å². The molecular weight excluding hydrogens is 296 g/mol. The van der Waals surface area contributed by atoms with Crippen LogP contribution in [0.2, 0.25) is 5.02 Å². The van der Waals surface area contributed by atoms with E-state index in [-0.39, 0.29) is 10.6 Å². The SMILES string of the molecule is Cn1cc(C(N)C(=O)Nc2ccc(C(=O)O)c(Cl)c2)cn1. The molecule has 110 valence electrons. The van der Waals surface area contributed by atoms with Crippen LogP contribution >= 0.6 is 11.6 Å². The second kappa shape index (κ2) is 5.94. The lowest BCUT2D eigenvalue weighted by Crippen LogP contribution is -2.27. The number of rotatable bonds is 4. The van der Waals surface area contributed by atoms with Crippen LogP contribution in [-0.2, 0) is 11.8 Å². The second-order valence-corrected chi connectivity index (χ2v) is 4.82. The number of carboxylic acid groups (broad SMARTS) is 1. The van der Waals surface area contributed by atoms with Crippen molar-refractivity contribution in [2.45, 2.75) is 6.04 Å². The van der Waals surface area contributed by atoms with Gasteiger partial charge in [0.05, 0.1) is 16.8 Å². The highest BCUT2D eigenvalue weighted by molar-refractivity contribution is 6.33. The lowest BCUT2D eigenvalue weighted by molar-refractivity contribution is -0.117. The van der Waals surface area contributed by atoms with Gasteiger partial charge in [-0.25, -0.2) is 4.79 Å². The highest BCUT2D eigenvalue weighted by Crippen LogP contribution is 2.22. The molecule has 2 aromatic rings. The molecule has 21 heavy (non-hydrogen) atoms. The maximum absolute atomic E-state index is 12.0. The minimum absolute atomic E-state index is 0.0359. The van der Waals surface area contributed by atoms with E-state index < -0.39 is 17.9 Å². The van der Waals surface area contributed by atoms with E-state index in [1.54, 1.807) is 17.9 Å². The Kier molecular flexibility index (Phi) is 4.25. The molecule has 0 aliphatic carbocycles. The topological polar surface area (TPSA) is 110 Å². The summed E-state index contributed by atoms with van der Waals surface area (Å²) in [6.45, 7) is 0. The number of anilines is 1. The number of hydrogen-bond donors (Lipinski definition) is 3. The van der Waals surface area contributed by atoms with Crippen molar-refractivity contribution in [1.82, 2.24) is 9.78 Å². The molecule has 1 aromatic heterocycles. The van der Waals surface area contributed by atoms with E-state index >= 15 is 0 Å². The second-order valence-electron chi connectivity index (χ2n) is 4.41. The average molecular weight is 309 g/mol. The molecule has 1 heterocycles. The lowest BCUT2D eigenvalue weighted by atomic mass is 10.1. The molecular formula is C13H13ClN4O3. The molecule has 0 aliphatic heterocycles. The standard InChI is InChI=1S/C13H13ClN4O3/c1-18-6-7(5-16-18)11(15)12(19)17-8-2-3-9(13(20)21)10(14)4-8/h2-6,11H,15H2,1H3,(H,17,19)(H,20,21). The lowest BCUT2D eigenvalue weighted by Gasteiger charge is -2.11. The van der Waals surface area contributed by atoms with Gasteiger partial charge in [-0.05, 0) is 18.2 Å². The van der Waals surface area contributed by atoms with Gasteiger partial charge in [0.15, 0.2) is 0 Å². The third-order valence-corrected chi connectivity index (χ3v) is 3.15. The average Bonchev–Trinajstić information content (AvgIpc) is 2.84. The highest BCUT2D eigenvalue weighted by atomic mass is 35.5. The first-order valence-electron chi connectivity index (χ1n) is 5.96. The third kappa shape index (κ3) is 3.39. The van der Waals surface area contributed by atoms with Crippen molar-refractivity contribution in [2.24, 2.45) is 12.8 Å². The fourth-order valence-electron chi connectivity index (χ4n) is 1.74. The minimum atomic E-state index is -1.13. The summed E-state index contributed by atoms with van der Waals surface area (Å²) >= 11 is 5.83. The summed E-state index contributed by atoms with van der Waals surface area (Å²) in [6, 6.07) is 3.24. The fraction of sp³-hybridized carbons (Fsp3) is 0.154. The molecule has 1 atom stereocenters. The van der Waals surface area contributed by atoms with Crippen LogP contribution in [0.15, 0.2) is 30.6 Å². The van der Waals surface area contributed by atoms with Gasteiger partial charge in [0, 0.05) is 24.5 Å². The number of carboxylic acids is 1. The molecule has 0 bridgehead atoms. The van der Waals surface area contributed by atoms with E-state index in [1.807, 2.05) is 0 Å². The summed E-state index contributed by atoms with van der Waals surface area (Å²) in [7, 11) is 1.72. The van der Waals surface area contributed by atoms with Crippen LogP contribution in [0.1, 0.15) is 22.0 Å². The van der Waals surface area contributed by atoms with Crippen molar-refractivity contribution >= 4 is 29.2 Å². The van der Waals surface area contributed by atoms with Crippen LogP contribution in [0.4, 0.5) is 5.69 Å². The zero-order valence-electron chi connectivity index (χ0n) is 11.1. The molecule has 7 nitrogen and oxygen atoms in total. The largest absolute Gasteiger partial charge is 0.478 e. The van der Waals surface area contributed by atoms with Gasteiger partial charge in [-0.3, -0.25) is 9.48 Å². The van der Waals surface area contributed by atoms with Crippen LogP contribution in [0, 0.1) is 0 Å². The van der Waals surface area contributed by atoms with Gasteiger partial charge >= 0.3 is 5.97 Å². The summed E-state index contributed by atoms with van der Waals surface area (Å²) in [5, 5.41) is 15.4. The summed E-state index contributed by atoms with van der Waals surface area (Å²) < 4.78 is 1.54. The maximum atomic E-state index is 12.0. The summed E-state index contributed by atoms with van der Waals surface area (Å²) in [6.07, 6.45) is 3.15. The van der Waals surface area contributed by atoms with Crippen molar-refractivity contribution in [3.63, 3.8) is 0 Å². The first kappa shape index (κ1) is 15.0.